The van der Waals surface area contributed by atoms with Crippen LogP contribution in [0, 0.1) is 6.92 Å². The summed E-state index contributed by atoms with van der Waals surface area (Å²) in [6.07, 6.45) is -0.561. The van der Waals surface area contributed by atoms with Gasteiger partial charge < -0.3 is 5.11 Å². The largest absolute Gasteiger partial charge is 0.396 e. The van der Waals surface area contributed by atoms with E-state index in [1.807, 2.05) is 0 Å². The SMILES string of the molecule is Cc1cc(C(F)(F)CCO)ccc1Cl. The van der Waals surface area contributed by atoms with Gasteiger partial charge in [0.1, 0.15) is 0 Å². The van der Waals surface area contributed by atoms with Gasteiger partial charge in [-0.15, -0.1) is 0 Å². The Morgan fingerprint density at radius 1 is 1.43 bits per heavy atom. The number of aryl methyl sites for hydroxylation is 1. The third-order valence-corrected chi connectivity index (χ3v) is 2.43. The van der Waals surface area contributed by atoms with Crippen LogP contribution >= 0.6 is 11.6 Å². The number of halogens is 3. The van der Waals surface area contributed by atoms with Crippen LogP contribution in [0.4, 0.5) is 8.78 Å². The van der Waals surface area contributed by atoms with E-state index in [9.17, 15) is 8.78 Å². The maximum atomic E-state index is 13.3. The molecule has 1 nitrogen and oxygen atoms in total. The van der Waals surface area contributed by atoms with Gasteiger partial charge in [-0.2, -0.15) is 0 Å². The summed E-state index contributed by atoms with van der Waals surface area (Å²) in [6, 6.07) is 4.07. The second-order valence-corrected chi connectivity index (χ2v) is 3.55. The Hall–Kier alpha value is -0.670. The minimum absolute atomic E-state index is 0.103. The van der Waals surface area contributed by atoms with Crippen molar-refractivity contribution < 1.29 is 13.9 Å². The van der Waals surface area contributed by atoms with E-state index >= 15 is 0 Å². The smallest absolute Gasteiger partial charge is 0.275 e. The van der Waals surface area contributed by atoms with Gasteiger partial charge in [0.2, 0.25) is 0 Å². The van der Waals surface area contributed by atoms with Gasteiger partial charge in [0.15, 0.2) is 0 Å². The van der Waals surface area contributed by atoms with Crippen molar-refractivity contribution in [3.63, 3.8) is 0 Å². The number of alkyl halides is 2. The lowest BCUT2D eigenvalue weighted by Gasteiger charge is -2.16. The molecule has 0 saturated carbocycles. The Kier molecular flexibility index (Phi) is 3.45. The number of aliphatic hydroxyl groups excluding tert-OH is 1. The Balaban J connectivity index is 3.01. The summed E-state index contributed by atoms with van der Waals surface area (Å²) in [5.41, 5.74) is 0.509. The first kappa shape index (κ1) is 11.4. The highest BCUT2D eigenvalue weighted by atomic mass is 35.5. The third kappa shape index (κ3) is 2.42. The van der Waals surface area contributed by atoms with Crippen LogP contribution in [0.1, 0.15) is 17.5 Å². The van der Waals surface area contributed by atoms with Crippen LogP contribution in [-0.4, -0.2) is 11.7 Å². The van der Waals surface area contributed by atoms with E-state index < -0.39 is 19.0 Å². The van der Waals surface area contributed by atoms with Crippen LogP contribution in [0.3, 0.4) is 0 Å². The minimum atomic E-state index is -2.98. The van der Waals surface area contributed by atoms with E-state index in [2.05, 4.69) is 0 Å². The van der Waals surface area contributed by atoms with Gasteiger partial charge in [-0.1, -0.05) is 17.7 Å². The molecular formula is C10H11ClF2O. The van der Waals surface area contributed by atoms with Crippen molar-refractivity contribution in [1.82, 2.24) is 0 Å². The van der Waals surface area contributed by atoms with E-state index in [1.54, 1.807) is 6.92 Å². The van der Waals surface area contributed by atoms with Gasteiger partial charge in [0, 0.05) is 23.6 Å². The molecule has 1 N–H and O–H groups in total. The van der Waals surface area contributed by atoms with Crippen molar-refractivity contribution in [2.75, 3.05) is 6.61 Å². The van der Waals surface area contributed by atoms with Crippen molar-refractivity contribution in [3.05, 3.63) is 34.3 Å². The van der Waals surface area contributed by atoms with Crippen LogP contribution in [0.2, 0.25) is 5.02 Å². The first-order valence-electron chi connectivity index (χ1n) is 4.22. The van der Waals surface area contributed by atoms with E-state index in [0.29, 0.717) is 10.6 Å². The predicted octanol–water partition coefficient (Wildman–Crippen LogP) is 3.12. The van der Waals surface area contributed by atoms with Gasteiger partial charge in [0.05, 0.1) is 0 Å². The molecule has 0 spiro atoms. The predicted molar refractivity (Wildman–Crippen MR) is 51.8 cm³/mol. The standard InChI is InChI=1S/C10H11ClF2O/c1-7-6-8(2-3-9(7)11)10(12,13)4-5-14/h2-3,6,14H,4-5H2,1H3. The summed E-state index contributed by atoms with van der Waals surface area (Å²) in [4.78, 5) is 0. The lowest BCUT2D eigenvalue weighted by atomic mass is 10.0. The van der Waals surface area contributed by atoms with E-state index in [0.717, 1.165) is 0 Å². The van der Waals surface area contributed by atoms with Crippen molar-refractivity contribution >= 4 is 11.6 Å². The summed E-state index contributed by atoms with van der Waals surface area (Å²) >= 11 is 5.71. The second-order valence-electron chi connectivity index (χ2n) is 3.14. The number of hydrogen-bond donors (Lipinski definition) is 1. The summed E-state index contributed by atoms with van der Waals surface area (Å²) in [5, 5.41) is 8.95. The van der Waals surface area contributed by atoms with Gasteiger partial charge >= 0.3 is 0 Å². The minimum Gasteiger partial charge on any atom is -0.396 e. The first-order valence-corrected chi connectivity index (χ1v) is 4.60. The highest BCUT2D eigenvalue weighted by molar-refractivity contribution is 6.31. The molecule has 0 atom stereocenters. The first-order chi connectivity index (χ1) is 6.47. The highest BCUT2D eigenvalue weighted by Crippen LogP contribution is 2.33. The number of rotatable bonds is 3. The van der Waals surface area contributed by atoms with Crippen LogP contribution in [-0.2, 0) is 5.92 Å². The fourth-order valence-electron chi connectivity index (χ4n) is 1.16. The Labute approximate surface area is 86.3 Å². The second kappa shape index (κ2) is 4.24. The molecule has 4 heteroatoms. The fraction of sp³-hybridized carbons (Fsp3) is 0.400. The Morgan fingerprint density at radius 3 is 2.57 bits per heavy atom. The molecule has 0 heterocycles. The average molecular weight is 221 g/mol. The maximum absolute atomic E-state index is 13.3. The van der Waals surface area contributed by atoms with Crippen LogP contribution < -0.4 is 0 Å². The van der Waals surface area contributed by atoms with Crippen molar-refractivity contribution in [2.24, 2.45) is 0 Å². The van der Waals surface area contributed by atoms with E-state index in [1.165, 1.54) is 18.2 Å². The van der Waals surface area contributed by atoms with Gasteiger partial charge in [-0.3, -0.25) is 0 Å². The van der Waals surface area contributed by atoms with Gasteiger partial charge in [0.25, 0.3) is 5.92 Å². The molecule has 0 radical (unpaired) electrons. The molecule has 0 aliphatic rings. The zero-order valence-electron chi connectivity index (χ0n) is 7.73. The number of aliphatic hydroxyl groups is 1. The lowest BCUT2D eigenvalue weighted by Crippen LogP contribution is -2.15. The quantitative estimate of drug-likeness (QED) is 0.830. The van der Waals surface area contributed by atoms with Crippen LogP contribution in [0.25, 0.3) is 0 Å². The summed E-state index contributed by atoms with van der Waals surface area (Å²) in [6.45, 7) is 1.13. The summed E-state index contributed by atoms with van der Waals surface area (Å²) in [5.74, 6) is -2.98. The molecule has 0 saturated heterocycles. The lowest BCUT2D eigenvalue weighted by molar-refractivity contribution is -0.0270. The normalized spacial score (nSPS) is 11.8. The monoisotopic (exact) mass is 220 g/mol. The summed E-state index contributed by atoms with van der Waals surface area (Å²) < 4.78 is 26.5. The van der Waals surface area contributed by atoms with Gasteiger partial charge in [-0.05, 0) is 24.6 Å². The molecule has 0 unspecified atom stereocenters. The average Bonchev–Trinajstić information content (AvgIpc) is 2.09. The molecule has 1 aromatic rings. The van der Waals surface area contributed by atoms with Gasteiger partial charge in [-0.25, -0.2) is 8.78 Å². The molecule has 0 aliphatic carbocycles. The topological polar surface area (TPSA) is 20.2 Å². The summed E-state index contributed by atoms with van der Waals surface area (Å²) in [7, 11) is 0. The Bertz CT molecular complexity index is 326. The molecule has 0 bridgehead atoms. The molecule has 1 aromatic carbocycles. The molecule has 0 amide bonds. The van der Waals surface area contributed by atoms with E-state index in [-0.39, 0.29) is 5.56 Å². The maximum Gasteiger partial charge on any atom is 0.275 e. The van der Waals surface area contributed by atoms with Crippen LogP contribution in [0.15, 0.2) is 18.2 Å². The third-order valence-electron chi connectivity index (χ3n) is 2.01. The molecule has 14 heavy (non-hydrogen) atoms. The number of benzene rings is 1. The zero-order chi connectivity index (χ0) is 10.8. The molecule has 0 fully saturated rings. The highest BCUT2D eigenvalue weighted by Gasteiger charge is 2.30. The molecule has 0 aromatic heterocycles. The van der Waals surface area contributed by atoms with Crippen molar-refractivity contribution in [2.45, 2.75) is 19.3 Å². The van der Waals surface area contributed by atoms with E-state index in [4.69, 9.17) is 16.7 Å². The number of hydrogen-bond acceptors (Lipinski definition) is 1. The molecule has 0 aliphatic heterocycles. The molecular weight excluding hydrogens is 210 g/mol. The molecule has 1 rings (SSSR count). The van der Waals surface area contributed by atoms with Crippen LogP contribution in [0.5, 0.6) is 0 Å². The fourth-order valence-corrected chi connectivity index (χ4v) is 1.27. The van der Waals surface area contributed by atoms with Crippen molar-refractivity contribution in [1.29, 1.82) is 0 Å². The Morgan fingerprint density at radius 2 is 2.07 bits per heavy atom. The zero-order valence-corrected chi connectivity index (χ0v) is 8.48. The van der Waals surface area contributed by atoms with Crippen molar-refractivity contribution in [3.8, 4) is 0 Å². The molecule has 78 valence electrons.